The minimum atomic E-state index is -3.45. The van der Waals surface area contributed by atoms with Crippen LogP contribution in [0, 0.1) is 0 Å². The number of sulfonamides is 1. The smallest absolute Gasteiger partial charge is 0.243 e. The van der Waals surface area contributed by atoms with Crippen LogP contribution in [0.2, 0.25) is 0 Å². The van der Waals surface area contributed by atoms with Crippen molar-refractivity contribution in [2.24, 2.45) is 4.99 Å². The van der Waals surface area contributed by atoms with Crippen LogP contribution >= 0.6 is 24.0 Å². The Balaban J connectivity index is 0.00000729. The van der Waals surface area contributed by atoms with Crippen molar-refractivity contribution in [3.63, 3.8) is 0 Å². The van der Waals surface area contributed by atoms with Crippen molar-refractivity contribution in [3.05, 3.63) is 29.8 Å². The molecule has 162 valence electrons. The van der Waals surface area contributed by atoms with E-state index in [-0.39, 0.29) is 30.0 Å². The van der Waals surface area contributed by atoms with Gasteiger partial charge in [-0.15, -0.1) is 24.0 Å². The zero-order valence-corrected chi connectivity index (χ0v) is 20.7. The topological polar surface area (TPSA) is 83.0 Å². The van der Waals surface area contributed by atoms with Gasteiger partial charge in [0.15, 0.2) is 5.96 Å². The van der Waals surface area contributed by atoms with Crippen molar-refractivity contribution >= 4 is 40.0 Å². The van der Waals surface area contributed by atoms with Gasteiger partial charge in [0.2, 0.25) is 10.0 Å². The molecule has 28 heavy (non-hydrogen) atoms. The van der Waals surface area contributed by atoms with Gasteiger partial charge in [0.1, 0.15) is 0 Å². The molecule has 0 heterocycles. The molecule has 0 aliphatic heterocycles. The lowest BCUT2D eigenvalue weighted by Crippen LogP contribution is -2.38. The van der Waals surface area contributed by atoms with E-state index in [1.54, 1.807) is 19.2 Å². The highest BCUT2D eigenvalue weighted by Gasteiger charge is 2.22. The highest BCUT2D eigenvalue weighted by atomic mass is 127. The minimum absolute atomic E-state index is 0. The summed E-state index contributed by atoms with van der Waals surface area (Å²) in [4.78, 5) is 4.85. The molecule has 0 atom stereocenters. The van der Waals surface area contributed by atoms with Gasteiger partial charge >= 0.3 is 0 Å². The Morgan fingerprint density at radius 1 is 1.18 bits per heavy atom. The van der Waals surface area contributed by atoms with Crippen molar-refractivity contribution in [1.82, 2.24) is 14.9 Å². The van der Waals surface area contributed by atoms with Crippen LogP contribution in [-0.4, -0.2) is 58.1 Å². The second kappa shape index (κ2) is 14.1. The fraction of sp³-hybridized carbons (Fsp3) is 0.632. The van der Waals surface area contributed by atoms with Crippen LogP contribution in [0.5, 0.6) is 0 Å². The van der Waals surface area contributed by atoms with Gasteiger partial charge in [-0.1, -0.05) is 12.1 Å². The van der Waals surface area contributed by atoms with Crippen LogP contribution in [0.3, 0.4) is 0 Å². The van der Waals surface area contributed by atoms with Gasteiger partial charge in [0.25, 0.3) is 0 Å². The normalized spacial score (nSPS) is 12.2. The second-order valence-electron chi connectivity index (χ2n) is 6.43. The van der Waals surface area contributed by atoms with Crippen LogP contribution in [0.1, 0.15) is 39.7 Å². The fourth-order valence-corrected chi connectivity index (χ4v) is 3.62. The van der Waals surface area contributed by atoms with E-state index in [1.165, 1.54) is 4.31 Å². The lowest BCUT2D eigenvalue weighted by molar-refractivity contribution is 0.145. The van der Waals surface area contributed by atoms with Gasteiger partial charge in [-0.3, -0.25) is 0 Å². The van der Waals surface area contributed by atoms with Crippen molar-refractivity contribution in [3.8, 4) is 0 Å². The van der Waals surface area contributed by atoms with E-state index < -0.39 is 10.0 Å². The number of hydrogen-bond acceptors (Lipinski definition) is 4. The van der Waals surface area contributed by atoms with E-state index in [0.717, 1.165) is 44.2 Å². The van der Waals surface area contributed by atoms with Crippen LogP contribution in [0.15, 0.2) is 34.2 Å². The maximum Gasteiger partial charge on any atom is 0.243 e. The number of aliphatic imine (C=N–C) groups is 1. The average Bonchev–Trinajstić information content (AvgIpc) is 2.65. The first-order chi connectivity index (χ1) is 12.8. The Morgan fingerprint density at radius 2 is 1.82 bits per heavy atom. The second-order valence-corrected chi connectivity index (χ2v) is 8.43. The maximum atomic E-state index is 12.5. The molecule has 7 nitrogen and oxygen atoms in total. The summed E-state index contributed by atoms with van der Waals surface area (Å²) in [6, 6.07) is 6.81. The predicted molar refractivity (Wildman–Crippen MR) is 126 cm³/mol. The molecule has 0 bridgehead atoms. The molecule has 0 aliphatic carbocycles. The number of hydrogen-bond donors (Lipinski definition) is 2. The third kappa shape index (κ3) is 9.06. The predicted octanol–water partition coefficient (Wildman–Crippen LogP) is 2.82. The van der Waals surface area contributed by atoms with Crippen LogP contribution in [0.25, 0.3) is 0 Å². The molecule has 0 spiro atoms. The third-order valence-corrected chi connectivity index (χ3v) is 6.10. The SMILES string of the molecule is CCNC(=NCc1ccc(S(=O)(=O)N(C)C(C)C)cc1)NCCCOCC.I. The van der Waals surface area contributed by atoms with E-state index in [2.05, 4.69) is 15.6 Å². The molecule has 0 aliphatic rings. The van der Waals surface area contributed by atoms with Crippen molar-refractivity contribution < 1.29 is 13.2 Å². The van der Waals surface area contributed by atoms with Gasteiger partial charge in [0, 0.05) is 39.4 Å². The molecule has 1 aromatic rings. The molecule has 0 aromatic heterocycles. The van der Waals surface area contributed by atoms with Gasteiger partial charge in [-0.2, -0.15) is 4.31 Å². The molecule has 0 fully saturated rings. The number of halogens is 1. The zero-order chi connectivity index (χ0) is 20.3. The van der Waals surface area contributed by atoms with Crippen LogP contribution in [0.4, 0.5) is 0 Å². The summed E-state index contributed by atoms with van der Waals surface area (Å²) in [6.45, 7) is 11.2. The summed E-state index contributed by atoms with van der Waals surface area (Å²) in [5.74, 6) is 0.741. The molecule has 1 rings (SSSR count). The van der Waals surface area contributed by atoms with Gasteiger partial charge < -0.3 is 15.4 Å². The number of benzene rings is 1. The number of rotatable bonds is 11. The van der Waals surface area contributed by atoms with Gasteiger partial charge in [-0.05, 0) is 51.8 Å². The summed E-state index contributed by atoms with van der Waals surface area (Å²) >= 11 is 0. The standard InChI is InChI=1S/C19H34N4O3S.HI/c1-6-20-19(21-13-8-14-26-7-2)22-15-17-9-11-18(12-10-17)27(24,25)23(5)16(3)4;/h9-12,16H,6-8,13-15H2,1-5H3,(H2,20,21,22);1H. The maximum absolute atomic E-state index is 12.5. The number of nitrogens with zero attached hydrogens (tertiary/aromatic N) is 2. The Kier molecular flexibility index (Phi) is 13.7. The van der Waals surface area contributed by atoms with Crippen molar-refractivity contribution in [2.45, 2.75) is 51.6 Å². The van der Waals surface area contributed by atoms with E-state index in [1.807, 2.05) is 39.8 Å². The van der Waals surface area contributed by atoms with Crippen molar-refractivity contribution in [2.75, 3.05) is 33.4 Å². The molecule has 2 N–H and O–H groups in total. The number of ether oxygens (including phenoxy) is 1. The Labute approximate surface area is 187 Å². The first-order valence-corrected chi connectivity index (χ1v) is 10.9. The van der Waals surface area contributed by atoms with Crippen LogP contribution in [-0.2, 0) is 21.3 Å². The molecular formula is C19H35IN4O3S. The molecule has 9 heteroatoms. The highest BCUT2D eigenvalue weighted by molar-refractivity contribution is 14.0. The molecule has 0 amide bonds. The van der Waals surface area contributed by atoms with Crippen LogP contribution < -0.4 is 10.6 Å². The van der Waals surface area contributed by atoms with Gasteiger partial charge in [0.05, 0.1) is 11.4 Å². The summed E-state index contributed by atoms with van der Waals surface area (Å²) in [6.07, 6.45) is 0.911. The number of guanidine groups is 1. The minimum Gasteiger partial charge on any atom is -0.382 e. The van der Waals surface area contributed by atoms with E-state index in [4.69, 9.17) is 4.74 Å². The first kappa shape index (κ1) is 27.1. The molecule has 0 radical (unpaired) electrons. The van der Waals surface area contributed by atoms with E-state index >= 15 is 0 Å². The summed E-state index contributed by atoms with van der Waals surface area (Å²) in [5, 5.41) is 6.47. The average molecular weight is 526 g/mol. The Hall–Kier alpha value is -0.910. The molecule has 0 saturated heterocycles. The lowest BCUT2D eigenvalue weighted by Gasteiger charge is -2.21. The quantitative estimate of drug-likeness (QED) is 0.201. The van der Waals surface area contributed by atoms with Gasteiger partial charge in [-0.25, -0.2) is 13.4 Å². The highest BCUT2D eigenvalue weighted by Crippen LogP contribution is 2.17. The largest absolute Gasteiger partial charge is 0.382 e. The Bertz CT molecular complexity index is 679. The van der Waals surface area contributed by atoms with Crippen molar-refractivity contribution in [1.29, 1.82) is 0 Å². The first-order valence-electron chi connectivity index (χ1n) is 9.49. The monoisotopic (exact) mass is 526 g/mol. The molecule has 0 unspecified atom stereocenters. The van der Waals surface area contributed by atoms with E-state index in [9.17, 15) is 8.42 Å². The molecular weight excluding hydrogens is 491 g/mol. The van der Waals surface area contributed by atoms with E-state index in [0.29, 0.717) is 11.4 Å². The lowest BCUT2D eigenvalue weighted by atomic mass is 10.2. The zero-order valence-electron chi connectivity index (χ0n) is 17.6. The summed E-state index contributed by atoms with van der Waals surface area (Å²) in [5.41, 5.74) is 0.952. The molecule has 0 saturated carbocycles. The molecule has 1 aromatic carbocycles. The number of nitrogens with one attached hydrogen (secondary N) is 2. The fourth-order valence-electron chi connectivity index (χ4n) is 2.25. The third-order valence-electron chi connectivity index (χ3n) is 4.05. The summed E-state index contributed by atoms with van der Waals surface area (Å²) < 4.78 is 31.7. The Morgan fingerprint density at radius 3 is 2.36 bits per heavy atom. The summed E-state index contributed by atoms with van der Waals surface area (Å²) in [7, 11) is -1.86.